The van der Waals surface area contributed by atoms with E-state index in [1.807, 2.05) is 53.1 Å². The number of methoxy groups -OCH3 is 2. The topological polar surface area (TPSA) is 40.2 Å². The predicted octanol–water partition coefficient (Wildman–Crippen LogP) is 8.55. The summed E-state index contributed by atoms with van der Waals surface area (Å²) in [6, 6.07) is 29.0. The van der Waals surface area contributed by atoms with Crippen LogP contribution in [0.5, 0.6) is 17.2 Å². The van der Waals surface area contributed by atoms with Crippen molar-refractivity contribution in [3.05, 3.63) is 96.1 Å². The number of piperidine rings is 1. The van der Waals surface area contributed by atoms with Crippen molar-refractivity contribution in [2.75, 3.05) is 39.7 Å². The Kier molecular flexibility index (Phi) is 11.2. The summed E-state index contributed by atoms with van der Waals surface area (Å²) in [5, 5.41) is 2.00. The Morgan fingerprint density at radius 2 is 1.64 bits per heavy atom. The van der Waals surface area contributed by atoms with E-state index in [0.29, 0.717) is 19.8 Å². The number of hydrogen-bond donors (Lipinski definition) is 0. The summed E-state index contributed by atoms with van der Waals surface area (Å²) >= 11 is 14.4. The molecule has 1 aliphatic rings. The maximum Gasteiger partial charge on any atom is 0.160 e. The first-order chi connectivity index (χ1) is 20.6. The van der Waals surface area contributed by atoms with Gasteiger partial charge in [0.05, 0.1) is 33.5 Å². The molecule has 0 amide bonds. The zero-order valence-corrected chi connectivity index (χ0v) is 26.3. The van der Waals surface area contributed by atoms with E-state index in [1.165, 1.54) is 10.5 Å². The minimum absolute atomic E-state index is 0.109. The number of alkyl halides is 2. The molecule has 4 aromatic carbocycles. The first-order valence-electron chi connectivity index (χ1n) is 14.2. The summed E-state index contributed by atoms with van der Waals surface area (Å²) in [6.07, 6.45) is 1.76. The summed E-state index contributed by atoms with van der Waals surface area (Å²) in [5.74, 6) is 3.69. The molecule has 8 heteroatoms. The molecule has 222 valence electrons. The van der Waals surface area contributed by atoms with Gasteiger partial charge < -0.3 is 18.9 Å². The van der Waals surface area contributed by atoms with Crippen LogP contribution >= 0.6 is 35.0 Å². The Morgan fingerprint density at radius 1 is 0.905 bits per heavy atom. The third-order valence-corrected chi connectivity index (χ3v) is 9.31. The molecule has 4 aromatic rings. The number of thioether (sulfide) groups is 1. The van der Waals surface area contributed by atoms with Crippen LogP contribution in [-0.2, 0) is 11.3 Å². The molecule has 5 rings (SSSR count). The maximum absolute atomic E-state index is 6.64. The van der Waals surface area contributed by atoms with Gasteiger partial charge in [-0.2, -0.15) is 0 Å². The van der Waals surface area contributed by atoms with Crippen molar-refractivity contribution in [2.45, 2.75) is 41.3 Å². The van der Waals surface area contributed by atoms with Crippen molar-refractivity contribution in [3.8, 4) is 17.2 Å². The van der Waals surface area contributed by atoms with E-state index in [1.54, 1.807) is 14.2 Å². The van der Waals surface area contributed by atoms with Crippen LogP contribution in [-0.4, -0.2) is 55.6 Å². The van der Waals surface area contributed by atoms with E-state index in [2.05, 4.69) is 48.5 Å². The second-order valence-corrected chi connectivity index (χ2v) is 12.5. The Bertz CT molecular complexity index is 1420. The molecule has 42 heavy (non-hydrogen) atoms. The minimum Gasteiger partial charge on any atom is -0.496 e. The molecular weight excluding hydrogens is 589 g/mol. The zero-order chi connectivity index (χ0) is 29.3. The van der Waals surface area contributed by atoms with Gasteiger partial charge in [0.25, 0.3) is 0 Å². The maximum atomic E-state index is 6.64. The molecule has 5 nitrogen and oxygen atoms in total. The zero-order valence-electron chi connectivity index (χ0n) is 24.0. The molecule has 0 spiro atoms. The molecule has 1 heterocycles. The van der Waals surface area contributed by atoms with E-state index in [4.69, 9.17) is 42.1 Å². The standard InChI is InChI=1S/C34H37Cl2NO4S/c1-38-31-21-25(33(39-2)30-12-7-6-11-29(30)31)23-41-32-22-37(34(35)36)18-17-28(32)24-13-15-26(16-14-24)40-19-8-20-42-27-9-4-3-5-10-27/h3-7,9-16,21,28,32,34H,8,17-20,22-23H2,1-2H3. The molecule has 1 fully saturated rings. The molecule has 0 radical (unpaired) electrons. The molecule has 0 N–H and O–H groups in total. The van der Waals surface area contributed by atoms with E-state index in [9.17, 15) is 0 Å². The lowest BCUT2D eigenvalue weighted by Gasteiger charge is -2.39. The molecule has 0 aliphatic carbocycles. The largest absolute Gasteiger partial charge is 0.496 e. The van der Waals surface area contributed by atoms with Crippen molar-refractivity contribution >= 4 is 45.7 Å². The van der Waals surface area contributed by atoms with Gasteiger partial charge in [0, 0.05) is 46.0 Å². The lowest BCUT2D eigenvalue weighted by atomic mass is 9.87. The lowest BCUT2D eigenvalue weighted by Crippen LogP contribution is -2.45. The molecule has 1 saturated heterocycles. The second-order valence-electron chi connectivity index (χ2n) is 10.3. The summed E-state index contributed by atoms with van der Waals surface area (Å²) in [7, 11) is 3.38. The van der Waals surface area contributed by atoms with Gasteiger partial charge in [-0.1, -0.05) is 77.8 Å². The first kappa shape index (κ1) is 30.8. The number of rotatable bonds is 13. The lowest BCUT2D eigenvalue weighted by molar-refractivity contribution is -0.0231. The van der Waals surface area contributed by atoms with Crippen LogP contribution in [0.3, 0.4) is 0 Å². The normalized spacial score (nSPS) is 17.5. The molecule has 0 saturated carbocycles. The van der Waals surface area contributed by atoms with Gasteiger partial charge in [-0.25, -0.2) is 0 Å². The van der Waals surface area contributed by atoms with Crippen LogP contribution < -0.4 is 14.2 Å². The number of halogens is 2. The second kappa shape index (κ2) is 15.2. The molecule has 1 aliphatic heterocycles. The smallest absolute Gasteiger partial charge is 0.160 e. The van der Waals surface area contributed by atoms with E-state index < -0.39 is 4.96 Å². The fourth-order valence-corrected chi connectivity index (χ4v) is 6.72. The van der Waals surface area contributed by atoms with Gasteiger partial charge in [-0.05, 0) is 48.7 Å². The summed E-state index contributed by atoms with van der Waals surface area (Å²) < 4.78 is 24.2. The highest BCUT2D eigenvalue weighted by atomic mass is 35.5. The molecule has 0 bridgehead atoms. The van der Waals surface area contributed by atoms with Gasteiger partial charge >= 0.3 is 0 Å². The van der Waals surface area contributed by atoms with Crippen molar-refractivity contribution in [3.63, 3.8) is 0 Å². The monoisotopic (exact) mass is 625 g/mol. The summed E-state index contributed by atoms with van der Waals surface area (Å²) in [4.78, 5) is 2.76. The van der Waals surface area contributed by atoms with E-state index in [-0.39, 0.29) is 12.0 Å². The average Bonchev–Trinajstić information content (AvgIpc) is 3.03. The number of benzene rings is 4. The van der Waals surface area contributed by atoms with Gasteiger partial charge in [-0.3, -0.25) is 4.90 Å². The molecular formula is C34H37Cl2NO4S. The molecule has 2 unspecified atom stereocenters. The predicted molar refractivity (Wildman–Crippen MR) is 174 cm³/mol. The number of fused-ring (bicyclic) bond motifs is 1. The van der Waals surface area contributed by atoms with Crippen LogP contribution in [0.25, 0.3) is 10.8 Å². The van der Waals surface area contributed by atoms with Crippen molar-refractivity contribution in [1.29, 1.82) is 0 Å². The molecule has 0 aromatic heterocycles. The quantitative estimate of drug-likeness (QED) is 0.0641. The summed E-state index contributed by atoms with van der Waals surface area (Å²) in [6.45, 7) is 2.49. The van der Waals surface area contributed by atoms with Crippen LogP contribution in [0, 0.1) is 0 Å². The SMILES string of the molecule is COc1cc(COC2CN(C(Cl)Cl)CCC2c2ccc(OCCCSc3ccccc3)cc2)c(OC)c2ccccc12. The fraction of sp³-hybridized carbons (Fsp3) is 0.353. The van der Waals surface area contributed by atoms with Crippen LogP contribution in [0.15, 0.2) is 89.8 Å². The highest BCUT2D eigenvalue weighted by Gasteiger charge is 2.33. The van der Waals surface area contributed by atoms with Gasteiger partial charge in [-0.15, -0.1) is 11.8 Å². The third kappa shape index (κ3) is 7.66. The average molecular weight is 627 g/mol. The highest BCUT2D eigenvalue weighted by Crippen LogP contribution is 2.39. The van der Waals surface area contributed by atoms with Gasteiger partial charge in [0.15, 0.2) is 4.96 Å². The minimum atomic E-state index is -0.580. The molecule has 2 atom stereocenters. The van der Waals surface area contributed by atoms with Crippen LogP contribution in [0.2, 0.25) is 0 Å². The third-order valence-electron chi connectivity index (χ3n) is 7.66. The van der Waals surface area contributed by atoms with Crippen LogP contribution in [0.4, 0.5) is 0 Å². The Labute approximate surface area is 263 Å². The fourth-order valence-electron chi connectivity index (χ4n) is 5.52. The highest BCUT2D eigenvalue weighted by molar-refractivity contribution is 7.99. The first-order valence-corrected chi connectivity index (χ1v) is 16.1. The van der Waals surface area contributed by atoms with Gasteiger partial charge in [0.1, 0.15) is 17.2 Å². The summed E-state index contributed by atoms with van der Waals surface area (Å²) in [5.41, 5.74) is 2.15. The number of nitrogens with zero attached hydrogens (tertiary/aromatic N) is 1. The Morgan fingerprint density at radius 3 is 2.36 bits per heavy atom. The Hall–Kier alpha value is -2.61. The van der Waals surface area contributed by atoms with Gasteiger partial charge in [0.2, 0.25) is 0 Å². The number of hydrogen-bond acceptors (Lipinski definition) is 6. The van der Waals surface area contributed by atoms with E-state index >= 15 is 0 Å². The number of ether oxygens (including phenoxy) is 4. The van der Waals surface area contributed by atoms with Crippen molar-refractivity contribution in [1.82, 2.24) is 4.90 Å². The van der Waals surface area contributed by atoms with E-state index in [0.717, 1.165) is 58.7 Å². The van der Waals surface area contributed by atoms with Crippen LogP contribution in [0.1, 0.15) is 29.9 Å². The van der Waals surface area contributed by atoms with Crippen molar-refractivity contribution in [2.24, 2.45) is 0 Å². The van der Waals surface area contributed by atoms with Crippen molar-refractivity contribution < 1.29 is 18.9 Å². The number of likely N-dealkylation sites (tertiary alicyclic amines) is 1. The Balaban J connectivity index is 1.24.